The molecule has 1 fully saturated rings. The third-order valence-corrected chi connectivity index (χ3v) is 3.99. The molecule has 1 nitrogen and oxygen atoms in total. The molecule has 1 aromatic rings. The van der Waals surface area contributed by atoms with Crippen molar-refractivity contribution in [2.45, 2.75) is 39.2 Å². The van der Waals surface area contributed by atoms with E-state index in [4.69, 9.17) is 0 Å². The molecule has 1 aliphatic rings. The van der Waals surface area contributed by atoms with Crippen molar-refractivity contribution >= 4 is 11.3 Å². The predicted octanol–water partition coefficient (Wildman–Crippen LogP) is 3.42. The molecule has 0 amide bonds. The van der Waals surface area contributed by atoms with Gasteiger partial charge in [0.05, 0.1) is 0 Å². The minimum absolute atomic E-state index is 0.687. The Hall–Kier alpha value is -0.340. The summed E-state index contributed by atoms with van der Waals surface area (Å²) in [5.74, 6) is 0. The van der Waals surface area contributed by atoms with Crippen LogP contribution in [0.25, 0.3) is 0 Å². The van der Waals surface area contributed by atoms with Crippen LogP contribution in [0, 0.1) is 5.41 Å². The van der Waals surface area contributed by atoms with E-state index in [1.807, 2.05) is 11.3 Å². The smallest absolute Gasteiger partial charge is 0.0299 e. The molecule has 0 saturated heterocycles. The van der Waals surface area contributed by atoms with E-state index in [9.17, 15) is 0 Å². The number of hydrogen-bond donors (Lipinski definition) is 1. The third-order valence-electron chi connectivity index (χ3n) is 3.12. The predicted molar refractivity (Wildman–Crippen MR) is 62.6 cm³/mol. The Morgan fingerprint density at radius 3 is 2.93 bits per heavy atom. The second-order valence-electron chi connectivity index (χ2n) is 4.43. The van der Waals surface area contributed by atoms with Crippen LogP contribution in [0.3, 0.4) is 0 Å². The third kappa shape index (κ3) is 2.58. The highest BCUT2D eigenvalue weighted by Gasteiger charge is 2.40. The lowest BCUT2D eigenvalue weighted by atomic mass is 10.0. The van der Waals surface area contributed by atoms with Crippen LogP contribution in [0.2, 0.25) is 0 Å². The highest BCUT2D eigenvalue weighted by atomic mass is 32.1. The summed E-state index contributed by atoms with van der Waals surface area (Å²) in [4.78, 5) is 1.46. The Morgan fingerprint density at radius 2 is 2.36 bits per heavy atom. The van der Waals surface area contributed by atoms with Gasteiger partial charge in [-0.05, 0) is 36.1 Å². The molecule has 0 atom stereocenters. The normalized spacial score (nSPS) is 18.4. The van der Waals surface area contributed by atoms with Crippen LogP contribution in [0.1, 0.15) is 37.5 Å². The maximum atomic E-state index is 3.59. The first-order valence-electron chi connectivity index (χ1n) is 5.58. The van der Waals surface area contributed by atoms with Crippen LogP contribution in [-0.2, 0) is 6.54 Å². The van der Waals surface area contributed by atoms with Crippen LogP contribution in [0.15, 0.2) is 17.5 Å². The van der Waals surface area contributed by atoms with Crippen molar-refractivity contribution < 1.29 is 0 Å². The quantitative estimate of drug-likeness (QED) is 0.757. The summed E-state index contributed by atoms with van der Waals surface area (Å²) in [6, 6.07) is 4.33. The van der Waals surface area contributed by atoms with Crippen LogP contribution in [0.4, 0.5) is 0 Å². The van der Waals surface area contributed by atoms with Gasteiger partial charge in [-0.2, -0.15) is 0 Å². The van der Waals surface area contributed by atoms with Gasteiger partial charge in [0.1, 0.15) is 0 Å². The lowest BCUT2D eigenvalue weighted by Crippen LogP contribution is -2.23. The minimum atomic E-state index is 0.687. The molecule has 1 saturated carbocycles. The van der Waals surface area contributed by atoms with Gasteiger partial charge in [0.15, 0.2) is 0 Å². The molecule has 0 spiro atoms. The molecule has 1 N–H and O–H groups in total. The number of hydrogen-bond acceptors (Lipinski definition) is 2. The SMILES string of the molecule is CCCC1(CNCc2cccs2)CC1. The van der Waals surface area contributed by atoms with E-state index < -0.39 is 0 Å². The van der Waals surface area contributed by atoms with Crippen molar-refractivity contribution in [2.24, 2.45) is 5.41 Å². The van der Waals surface area contributed by atoms with Crippen LogP contribution >= 0.6 is 11.3 Å². The topological polar surface area (TPSA) is 12.0 Å². The fourth-order valence-electron chi connectivity index (χ4n) is 2.09. The first kappa shape index (κ1) is 10.2. The Balaban J connectivity index is 1.68. The molecule has 2 heteroatoms. The van der Waals surface area contributed by atoms with Gasteiger partial charge >= 0.3 is 0 Å². The van der Waals surface area contributed by atoms with Crippen molar-refractivity contribution in [2.75, 3.05) is 6.54 Å². The summed E-state index contributed by atoms with van der Waals surface area (Å²) in [6.07, 6.45) is 5.63. The fraction of sp³-hybridized carbons (Fsp3) is 0.667. The molecule has 0 aromatic carbocycles. The zero-order valence-corrected chi connectivity index (χ0v) is 9.70. The second kappa shape index (κ2) is 4.45. The van der Waals surface area contributed by atoms with Crippen molar-refractivity contribution in [3.05, 3.63) is 22.4 Å². The maximum absolute atomic E-state index is 3.59. The summed E-state index contributed by atoms with van der Waals surface area (Å²) in [5, 5.41) is 5.73. The molecule has 0 radical (unpaired) electrons. The Kier molecular flexibility index (Phi) is 3.24. The van der Waals surface area contributed by atoms with Crippen molar-refractivity contribution in [3.63, 3.8) is 0 Å². The van der Waals surface area contributed by atoms with E-state index in [1.54, 1.807) is 0 Å². The molecule has 0 aliphatic heterocycles. The van der Waals surface area contributed by atoms with Crippen molar-refractivity contribution in [1.29, 1.82) is 0 Å². The summed E-state index contributed by atoms with van der Waals surface area (Å²) in [6.45, 7) is 4.57. The van der Waals surface area contributed by atoms with Crippen LogP contribution in [-0.4, -0.2) is 6.54 Å². The monoisotopic (exact) mass is 209 g/mol. The average molecular weight is 209 g/mol. The summed E-state index contributed by atoms with van der Waals surface area (Å²) in [5.41, 5.74) is 0.687. The van der Waals surface area contributed by atoms with Gasteiger partial charge in [-0.1, -0.05) is 19.4 Å². The van der Waals surface area contributed by atoms with Gasteiger partial charge in [0, 0.05) is 18.0 Å². The first-order valence-corrected chi connectivity index (χ1v) is 6.46. The summed E-state index contributed by atoms with van der Waals surface area (Å²) < 4.78 is 0. The molecule has 0 bridgehead atoms. The molecule has 1 heterocycles. The van der Waals surface area contributed by atoms with Crippen LogP contribution in [0.5, 0.6) is 0 Å². The van der Waals surface area contributed by atoms with E-state index in [2.05, 4.69) is 29.8 Å². The van der Waals surface area contributed by atoms with Gasteiger partial charge < -0.3 is 5.32 Å². The molecule has 78 valence electrons. The zero-order chi connectivity index (χ0) is 9.86. The molecule has 1 aliphatic carbocycles. The highest BCUT2D eigenvalue weighted by molar-refractivity contribution is 7.09. The first-order chi connectivity index (χ1) is 6.85. The Bertz CT molecular complexity index is 262. The summed E-state index contributed by atoms with van der Waals surface area (Å²) >= 11 is 1.84. The molecule has 0 unspecified atom stereocenters. The van der Waals surface area contributed by atoms with Gasteiger partial charge in [-0.3, -0.25) is 0 Å². The van der Waals surface area contributed by atoms with Gasteiger partial charge in [0.25, 0.3) is 0 Å². The van der Waals surface area contributed by atoms with Crippen molar-refractivity contribution in [3.8, 4) is 0 Å². The maximum Gasteiger partial charge on any atom is 0.0299 e. The minimum Gasteiger partial charge on any atom is -0.311 e. The molecule has 2 rings (SSSR count). The molecule has 14 heavy (non-hydrogen) atoms. The van der Waals surface area contributed by atoms with Gasteiger partial charge in [-0.15, -0.1) is 11.3 Å². The Morgan fingerprint density at radius 1 is 1.50 bits per heavy atom. The van der Waals surface area contributed by atoms with Crippen LogP contribution < -0.4 is 5.32 Å². The molecule has 1 aromatic heterocycles. The van der Waals surface area contributed by atoms with Gasteiger partial charge in [-0.25, -0.2) is 0 Å². The number of thiophene rings is 1. The fourth-order valence-corrected chi connectivity index (χ4v) is 2.76. The van der Waals surface area contributed by atoms with E-state index in [-0.39, 0.29) is 0 Å². The van der Waals surface area contributed by atoms with Gasteiger partial charge in [0.2, 0.25) is 0 Å². The lowest BCUT2D eigenvalue weighted by molar-refractivity contribution is 0.422. The highest BCUT2D eigenvalue weighted by Crippen LogP contribution is 2.48. The molecular formula is C12H19NS. The standard InChI is InChI=1S/C12H19NS/c1-2-5-12(6-7-12)10-13-9-11-4-3-8-14-11/h3-4,8,13H,2,5-7,9-10H2,1H3. The van der Waals surface area contributed by atoms with Crippen molar-refractivity contribution in [1.82, 2.24) is 5.32 Å². The lowest BCUT2D eigenvalue weighted by Gasteiger charge is -2.14. The van der Waals surface area contributed by atoms with E-state index in [0.717, 1.165) is 6.54 Å². The average Bonchev–Trinajstić information content (AvgIpc) is 2.75. The van der Waals surface area contributed by atoms with E-state index in [1.165, 1.54) is 37.1 Å². The number of nitrogens with one attached hydrogen (secondary N) is 1. The second-order valence-corrected chi connectivity index (χ2v) is 5.47. The zero-order valence-electron chi connectivity index (χ0n) is 8.88. The van der Waals surface area contributed by atoms with E-state index >= 15 is 0 Å². The summed E-state index contributed by atoms with van der Waals surface area (Å²) in [7, 11) is 0. The van der Waals surface area contributed by atoms with E-state index in [0.29, 0.717) is 5.41 Å². The Labute approximate surface area is 90.5 Å². The molecular weight excluding hydrogens is 190 g/mol. The number of rotatable bonds is 6. The largest absolute Gasteiger partial charge is 0.311 e.